The van der Waals surface area contributed by atoms with Crippen LogP contribution in [-0.4, -0.2) is 16.1 Å². The second-order valence-corrected chi connectivity index (χ2v) is 4.09. The molecule has 5 nitrogen and oxygen atoms in total. The maximum atomic E-state index is 12.0. The van der Waals surface area contributed by atoms with Crippen molar-refractivity contribution in [2.24, 2.45) is 0 Å². The van der Waals surface area contributed by atoms with E-state index in [-0.39, 0.29) is 5.91 Å². The molecule has 0 aliphatic heterocycles. The third-order valence-corrected chi connectivity index (χ3v) is 2.70. The van der Waals surface area contributed by atoms with Crippen LogP contribution in [0, 0.1) is 0 Å². The smallest absolute Gasteiger partial charge is 0.260 e. The van der Waals surface area contributed by atoms with Crippen molar-refractivity contribution in [2.45, 2.75) is 33.1 Å². The monoisotopic (exact) mass is 247 g/mol. The summed E-state index contributed by atoms with van der Waals surface area (Å²) >= 11 is 0. The van der Waals surface area contributed by atoms with E-state index >= 15 is 0 Å². The molecule has 18 heavy (non-hydrogen) atoms. The Morgan fingerprint density at radius 3 is 3.06 bits per heavy atom. The molecule has 0 aromatic carbocycles. The first-order chi connectivity index (χ1) is 8.74. The van der Waals surface area contributed by atoms with Crippen molar-refractivity contribution >= 4 is 11.7 Å². The average Bonchev–Trinajstić information content (AvgIpc) is 2.98. The molecular formula is C13H17N3O2. The highest BCUT2D eigenvalue weighted by molar-refractivity contribution is 6.04. The molecule has 2 heterocycles. The fourth-order valence-corrected chi connectivity index (χ4v) is 1.82. The Hall–Kier alpha value is -2.04. The van der Waals surface area contributed by atoms with Crippen LogP contribution in [0.2, 0.25) is 0 Å². The largest absolute Gasteiger partial charge is 0.469 e. The molecule has 0 unspecified atom stereocenters. The van der Waals surface area contributed by atoms with Gasteiger partial charge >= 0.3 is 0 Å². The van der Waals surface area contributed by atoms with Gasteiger partial charge < -0.3 is 9.73 Å². The maximum absolute atomic E-state index is 12.0. The summed E-state index contributed by atoms with van der Waals surface area (Å²) in [5, 5.41) is 9.71. The molecule has 0 bridgehead atoms. The van der Waals surface area contributed by atoms with Gasteiger partial charge in [-0.3, -0.25) is 9.89 Å². The highest BCUT2D eigenvalue weighted by Gasteiger charge is 2.14. The minimum atomic E-state index is -0.185. The summed E-state index contributed by atoms with van der Waals surface area (Å²) in [5.41, 5.74) is 1.59. The molecule has 0 saturated heterocycles. The lowest BCUT2D eigenvalue weighted by Gasteiger charge is -2.00. The number of nitrogens with one attached hydrogen (secondary N) is 2. The number of rotatable bonds is 5. The molecule has 2 aromatic rings. The summed E-state index contributed by atoms with van der Waals surface area (Å²) in [5.74, 6) is 1.05. The molecule has 0 atom stereocenters. The Labute approximate surface area is 106 Å². The van der Waals surface area contributed by atoms with Crippen molar-refractivity contribution in [2.75, 3.05) is 5.32 Å². The van der Waals surface area contributed by atoms with E-state index in [1.807, 2.05) is 13.0 Å². The molecule has 0 saturated carbocycles. The van der Waals surface area contributed by atoms with Gasteiger partial charge in [-0.25, -0.2) is 0 Å². The van der Waals surface area contributed by atoms with E-state index in [1.54, 1.807) is 6.07 Å². The summed E-state index contributed by atoms with van der Waals surface area (Å²) in [6.07, 6.45) is 4.18. The second-order valence-electron chi connectivity index (χ2n) is 4.09. The number of anilines is 1. The van der Waals surface area contributed by atoms with Gasteiger partial charge in [0.2, 0.25) is 0 Å². The molecule has 96 valence electrons. The van der Waals surface area contributed by atoms with Crippen molar-refractivity contribution in [3.05, 3.63) is 35.4 Å². The topological polar surface area (TPSA) is 70.9 Å². The number of amides is 1. The van der Waals surface area contributed by atoms with Gasteiger partial charge in [-0.15, -0.1) is 0 Å². The second kappa shape index (κ2) is 5.53. The Bertz CT molecular complexity index is 528. The fraction of sp³-hybridized carbons (Fsp3) is 0.385. The van der Waals surface area contributed by atoms with Crippen molar-refractivity contribution < 1.29 is 9.21 Å². The number of aryl methyl sites for hydroxylation is 2. The first kappa shape index (κ1) is 12.4. The van der Waals surface area contributed by atoms with Crippen LogP contribution in [0.15, 0.2) is 22.8 Å². The summed E-state index contributed by atoms with van der Waals surface area (Å²) in [4.78, 5) is 12.0. The number of hydrogen-bond donors (Lipinski definition) is 2. The zero-order valence-electron chi connectivity index (χ0n) is 10.6. The molecule has 2 aromatic heterocycles. The van der Waals surface area contributed by atoms with Crippen LogP contribution in [0.4, 0.5) is 5.82 Å². The van der Waals surface area contributed by atoms with Crippen molar-refractivity contribution in [3.8, 4) is 0 Å². The van der Waals surface area contributed by atoms with E-state index < -0.39 is 0 Å². The van der Waals surface area contributed by atoms with Gasteiger partial charge in [0.25, 0.3) is 5.91 Å². The molecule has 1 amide bonds. The molecule has 5 heteroatoms. The highest BCUT2D eigenvalue weighted by Crippen LogP contribution is 2.14. The quantitative estimate of drug-likeness (QED) is 0.853. The highest BCUT2D eigenvalue weighted by atomic mass is 16.3. The molecule has 0 aliphatic carbocycles. The predicted octanol–water partition coefficient (Wildman–Crippen LogP) is 2.77. The van der Waals surface area contributed by atoms with Gasteiger partial charge in [-0.2, -0.15) is 5.10 Å². The zero-order valence-corrected chi connectivity index (χ0v) is 10.6. The molecule has 0 radical (unpaired) electrons. The maximum Gasteiger partial charge on any atom is 0.260 e. The number of carbonyl (C=O) groups is 1. The van der Waals surface area contributed by atoms with E-state index in [0.717, 1.165) is 18.5 Å². The van der Waals surface area contributed by atoms with Crippen molar-refractivity contribution in [1.29, 1.82) is 0 Å². The van der Waals surface area contributed by atoms with Crippen molar-refractivity contribution in [3.63, 3.8) is 0 Å². The summed E-state index contributed by atoms with van der Waals surface area (Å²) in [6.45, 7) is 4.04. The van der Waals surface area contributed by atoms with Gasteiger partial charge in [-0.1, -0.05) is 20.3 Å². The van der Waals surface area contributed by atoms with E-state index in [2.05, 4.69) is 22.4 Å². The average molecular weight is 247 g/mol. The van der Waals surface area contributed by atoms with E-state index in [9.17, 15) is 4.79 Å². The summed E-state index contributed by atoms with van der Waals surface area (Å²) in [6, 6.07) is 3.53. The summed E-state index contributed by atoms with van der Waals surface area (Å²) < 4.78 is 5.23. The molecule has 2 N–H and O–H groups in total. The van der Waals surface area contributed by atoms with E-state index in [4.69, 9.17) is 4.42 Å². The summed E-state index contributed by atoms with van der Waals surface area (Å²) in [7, 11) is 0. The van der Waals surface area contributed by atoms with Gasteiger partial charge in [0.1, 0.15) is 5.76 Å². The molecule has 0 fully saturated rings. The standard InChI is InChI=1S/C13H17N3O2/c1-3-5-9-8-12(16-15-9)14-13(17)10-6-7-18-11(10)4-2/h6-8H,3-5H2,1-2H3,(H2,14,15,16,17). The third kappa shape index (κ3) is 2.61. The van der Waals surface area contributed by atoms with Crippen molar-refractivity contribution in [1.82, 2.24) is 10.2 Å². The van der Waals surface area contributed by atoms with Crippen LogP contribution >= 0.6 is 0 Å². The third-order valence-electron chi connectivity index (χ3n) is 2.70. The normalized spacial score (nSPS) is 10.6. The van der Waals surface area contributed by atoms with Crippen LogP contribution in [0.3, 0.4) is 0 Å². The number of nitrogens with zero attached hydrogens (tertiary/aromatic N) is 1. The van der Waals surface area contributed by atoms with Gasteiger partial charge in [0, 0.05) is 18.2 Å². The zero-order chi connectivity index (χ0) is 13.0. The molecular weight excluding hydrogens is 230 g/mol. The molecule has 0 aliphatic rings. The van der Waals surface area contributed by atoms with E-state index in [0.29, 0.717) is 23.6 Å². The number of aromatic nitrogens is 2. The molecule has 0 spiro atoms. The lowest BCUT2D eigenvalue weighted by atomic mass is 10.2. The van der Waals surface area contributed by atoms with Crippen LogP contribution < -0.4 is 5.32 Å². The first-order valence-corrected chi connectivity index (χ1v) is 6.16. The number of H-pyrrole nitrogens is 1. The fourth-order valence-electron chi connectivity index (χ4n) is 1.82. The predicted molar refractivity (Wildman–Crippen MR) is 68.6 cm³/mol. The van der Waals surface area contributed by atoms with E-state index in [1.165, 1.54) is 6.26 Å². The Kier molecular flexibility index (Phi) is 3.82. The van der Waals surface area contributed by atoms with Gasteiger partial charge in [0.15, 0.2) is 5.82 Å². The van der Waals surface area contributed by atoms with Crippen LogP contribution in [0.5, 0.6) is 0 Å². The lowest BCUT2D eigenvalue weighted by molar-refractivity contribution is 0.102. The Morgan fingerprint density at radius 1 is 1.50 bits per heavy atom. The van der Waals surface area contributed by atoms with Gasteiger partial charge in [0.05, 0.1) is 11.8 Å². The first-order valence-electron chi connectivity index (χ1n) is 6.16. The minimum Gasteiger partial charge on any atom is -0.469 e. The number of furan rings is 1. The molecule has 2 rings (SSSR count). The van der Waals surface area contributed by atoms with Gasteiger partial charge in [-0.05, 0) is 12.5 Å². The Morgan fingerprint density at radius 2 is 2.33 bits per heavy atom. The van der Waals surface area contributed by atoms with Crippen LogP contribution in [0.25, 0.3) is 0 Å². The number of aromatic amines is 1. The Balaban J connectivity index is 2.06. The number of carbonyl (C=O) groups excluding carboxylic acids is 1. The minimum absolute atomic E-state index is 0.185. The van der Waals surface area contributed by atoms with Crippen LogP contribution in [0.1, 0.15) is 42.1 Å². The lowest BCUT2D eigenvalue weighted by Crippen LogP contribution is -2.12. The number of hydrogen-bond acceptors (Lipinski definition) is 3. The van der Waals surface area contributed by atoms with Crippen LogP contribution in [-0.2, 0) is 12.8 Å². The SMILES string of the molecule is CCCc1cc(NC(=O)c2ccoc2CC)n[nH]1.